The van der Waals surface area contributed by atoms with Crippen molar-refractivity contribution in [3.8, 4) is 50.3 Å². The van der Waals surface area contributed by atoms with Gasteiger partial charge in [-0.05, 0) is 132 Å². The molecule has 416 valence electrons. The number of thiazole rings is 1. The van der Waals surface area contributed by atoms with Gasteiger partial charge in [-0.15, -0.1) is 11.3 Å². The van der Waals surface area contributed by atoms with Crippen LogP contribution in [-0.2, 0) is 38.5 Å². The van der Waals surface area contributed by atoms with Crippen LogP contribution in [0.1, 0.15) is 69.0 Å². The minimum absolute atomic E-state index is 0.00566. The van der Waals surface area contributed by atoms with Crippen molar-refractivity contribution >= 4 is 63.7 Å². The van der Waals surface area contributed by atoms with E-state index in [1.165, 1.54) is 11.0 Å². The van der Waals surface area contributed by atoms with Crippen LogP contribution in [0.5, 0.6) is 11.5 Å². The first kappa shape index (κ1) is 57.3. The van der Waals surface area contributed by atoms with Gasteiger partial charge in [-0.2, -0.15) is 18.4 Å². The van der Waals surface area contributed by atoms with E-state index in [4.69, 9.17) is 21.7 Å². The van der Waals surface area contributed by atoms with Crippen molar-refractivity contribution in [3.05, 3.63) is 173 Å². The van der Waals surface area contributed by atoms with Crippen molar-refractivity contribution in [1.29, 1.82) is 5.26 Å². The third-order valence-corrected chi connectivity index (χ3v) is 15.6. The van der Waals surface area contributed by atoms with E-state index in [0.717, 1.165) is 66.5 Å². The number of nitrogens with one attached hydrogen (secondary N) is 2. The second-order valence-corrected chi connectivity index (χ2v) is 22.7. The number of aromatic nitrogens is 1. The summed E-state index contributed by atoms with van der Waals surface area (Å²) in [6.07, 6.45) is -5.63. The zero-order chi connectivity index (χ0) is 58.0. The molecule has 14 nitrogen and oxygen atoms in total. The van der Waals surface area contributed by atoms with Crippen LogP contribution in [0, 0.1) is 23.7 Å². The summed E-state index contributed by atoms with van der Waals surface area (Å²) in [6.45, 7) is 10.8. The number of anilines is 2. The fourth-order valence-corrected chi connectivity index (χ4v) is 11.2. The first-order chi connectivity index (χ1) is 38.5. The van der Waals surface area contributed by atoms with Crippen LogP contribution in [0.25, 0.3) is 32.7 Å². The van der Waals surface area contributed by atoms with Crippen molar-refractivity contribution in [2.45, 2.75) is 91.0 Å². The number of aliphatic hydroxyl groups is 1. The van der Waals surface area contributed by atoms with Crippen LogP contribution >= 0.6 is 23.6 Å². The highest BCUT2D eigenvalue weighted by Gasteiger charge is 2.51. The number of ether oxygens (including phenoxy) is 2. The standard InChI is InChI=1S/C62H58F3N7O7S2/c1-37-54(81-36-68-37)44-13-7-38(8-14-44)32-67-56(75)52-30-48(73)33-70(52)57(76)55(60(2,3)4)69-53(74)35-79-49-25-20-43(21-26-49)42-17-15-41(16-18-42)40-11-9-39(10-12-40)34-78-50-27-23-46(24-28-50)72-59(80)71(58(77)61(72,5)6)47-22-19-45(31-66)51(29-47)62(63,64)65/h7-29,36,48,52,55,73H,30,32-35H2,1-6H3,(H,67,75)(H,69,74)/t48-,52+,55-/m1/s1. The molecule has 7 aromatic rings. The second-order valence-electron chi connectivity index (χ2n) is 21.5. The number of likely N-dealkylation sites (tertiary alicyclic amines) is 1. The van der Waals surface area contributed by atoms with E-state index < -0.39 is 64.2 Å². The molecule has 9 rings (SSSR count). The quantitative estimate of drug-likeness (QED) is 0.0785. The normalized spacial score (nSPS) is 16.5. The minimum Gasteiger partial charge on any atom is -0.489 e. The number of nitrogens with zero attached hydrogens (tertiary/aromatic N) is 5. The first-order valence-corrected chi connectivity index (χ1v) is 27.3. The van der Waals surface area contributed by atoms with Gasteiger partial charge in [0, 0.05) is 25.2 Å². The van der Waals surface area contributed by atoms with Crippen molar-refractivity contribution < 1.29 is 46.9 Å². The van der Waals surface area contributed by atoms with Crippen molar-refractivity contribution in [2.24, 2.45) is 5.41 Å². The largest absolute Gasteiger partial charge is 0.489 e. The molecule has 3 atom stereocenters. The summed E-state index contributed by atoms with van der Waals surface area (Å²) in [5.74, 6) is -0.894. The third kappa shape index (κ3) is 12.6. The molecule has 19 heteroatoms. The van der Waals surface area contributed by atoms with Crippen LogP contribution in [0.3, 0.4) is 0 Å². The molecule has 81 heavy (non-hydrogen) atoms. The van der Waals surface area contributed by atoms with E-state index in [0.29, 0.717) is 17.2 Å². The Labute approximate surface area is 476 Å². The Balaban J connectivity index is 0.745. The molecule has 0 bridgehead atoms. The van der Waals surface area contributed by atoms with Gasteiger partial charge in [0.1, 0.15) is 35.7 Å². The number of amides is 4. The summed E-state index contributed by atoms with van der Waals surface area (Å²) in [6, 6.07) is 40.8. The summed E-state index contributed by atoms with van der Waals surface area (Å²) in [5.41, 5.74) is 6.23. The monoisotopic (exact) mass is 1130 g/mol. The highest BCUT2D eigenvalue weighted by atomic mass is 32.1. The molecule has 0 unspecified atom stereocenters. The molecule has 1 aromatic heterocycles. The Morgan fingerprint density at radius 3 is 1.93 bits per heavy atom. The van der Waals surface area contributed by atoms with Gasteiger partial charge in [0.05, 0.1) is 45.1 Å². The number of alkyl halides is 3. The second kappa shape index (κ2) is 23.3. The number of benzene rings is 6. The Hall–Kier alpha value is -8.44. The van der Waals surface area contributed by atoms with Gasteiger partial charge in [0.25, 0.3) is 11.8 Å². The lowest BCUT2D eigenvalue weighted by Crippen LogP contribution is -2.58. The van der Waals surface area contributed by atoms with Gasteiger partial charge in [-0.25, -0.2) is 4.98 Å². The Morgan fingerprint density at radius 2 is 1.36 bits per heavy atom. The summed E-state index contributed by atoms with van der Waals surface area (Å²) >= 11 is 7.23. The summed E-state index contributed by atoms with van der Waals surface area (Å²) in [5, 5.41) is 25.7. The highest BCUT2D eigenvalue weighted by molar-refractivity contribution is 7.81. The van der Waals surface area contributed by atoms with E-state index in [1.807, 2.05) is 113 Å². The minimum atomic E-state index is -4.81. The van der Waals surface area contributed by atoms with Crippen LogP contribution in [0.15, 0.2) is 145 Å². The zero-order valence-corrected chi connectivity index (χ0v) is 46.8. The highest BCUT2D eigenvalue weighted by Crippen LogP contribution is 2.40. The van der Waals surface area contributed by atoms with E-state index in [-0.39, 0.29) is 49.4 Å². The summed E-state index contributed by atoms with van der Waals surface area (Å²) in [7, 11) is 0. The number of halogens is 3. The van der Waals surface area contributed by atoms with Gasteiger partial charge in [-0.1, -0.05) is 106 Å². The van der Waals surface area contributed by atoms with Crippen molar-refractivity contribution in [1.82, 2.24) is 20.5 Å². The maximum absolute atomic E-state index is 14.1. The molecule has 6 aromatic carbocycles. The molecule has 3 heterocycles. The number of rotatable bonds is 16. The third-order valence-electron chi connectivity index (χ3n) is 14.3. The first-order valence-electron chi connectivity index (χ1n) is 26.0. The molecule has 0 saturated carbocycles. The predicted octanol–water partition coefficient (Wildman–Crippen LogP) is 11.0. The fraction of sp³-hybridized carbons (Fsp3) is 0.274. The predicted molar refractivity (Wildman–Crippen MR) is 308 cm³/mol. The number of hydrogen-bond acceptors (Lipinski definition) is 11. The number of aryl methyl sites for hydroxylation is 1. The van der Waals surface area contributed by atoms with Crippen molar-refractivity contribution in [3.63, 3.8) is 0 Å². The molecule has 0 radical (unpaired) electrons. The Morgan fingerprint density at radius 1 is 0.815 bits per heavy atom. The van der Waals surface area contributed by atoms with E-state index in [9.17, 15) is 42.7 Å². The van der Waals surface area contributed by atoms with E-state index in [1.54, 1.807) is 78.1 Å². The maximum Gasteiger partial charge on any atom is 0.417 e. The SMILES string of the molecule is Cc1ncsc1-c1ccc(CNC(=O)[C@@H]2C[C@@H](O)CN2C(=O)[C@@H](NC(=O)COc2ccc(-c3ccc(-c4ccc(COc5ccc(N6C(=S)N(c7ccc(C#N)c(C(F)(F)F)c7)C(=O)C6(C)C)cc5)cc4)cc3)cc2)C(C)(C)C)cc1. The van der Waals surface area contributed by atoms with Gasteiger partial charge in [0.15, 0.2) is 11.7 Å². The lowest BCUT2D eigenvalue weighted by Gasteiger charge is -2.35. The number of β-amino-alcohol motifs (C(OH)–C–C–N with tert-alkyl or cyclic N) is 1. The van der Waals surface area contributed by atoms with E-state index in [2.05, 4.69) is 15.6 Å². The Kier molecular flexibility index (Phi) is 16.5. The molecule has 2 aliphatic rings. The number of carbonyl (C=O) groups excluding carboxylic acids is 4. The number of aliphatic hydroxyl groups excluding tert-OH is 1. The molecule has 4 amide bonds. The van der Waals surface area contributed by atoms with Gasteiger partial charge in [-0.3, -0.25) is 24.1 Å². The number of hydrogen-bond donors (Lipinski definition) is 3. The van der Waals surface area contributed by atoms with Gasteiger partial charge < -0.3 is 35.0 Å². The van der Waals surface area contributed by atoms with Crippen LogP contribution in [0.2, 0.25) is 0 Å². The van der Waals surface area contributed by atoms with Crippen LogP contribution in [0.4, 0.5) is 24.5 Å². The van der Waals surface area contributed by atoms with Gasteiger partial charge in [0.2, 0.25) is 11.8 Å². The number of carbonyl (C=O) groups is 4. The average molecular weight is 1130 g/mol. The van der Waals surface area contributed by atoms with Crippen LogP contribution < -0.4 is 29.9 Å². The van der Waals surface area contributed by atoms with E-state index >= 15 is 0 Å². The lowest BCUT2D eigenvalue weighted by molar-refractivity contribution is -0.144. The summed E-state index contributed by atoms with van der Waals surface area (Å²) < 4.78 is 53.3. The molecule has 2 saturated heterocycles. The molecule has 3 N–H and O–H groups in total. The molecule has 0 aliphatic carbocycles. The number of nitriles is 1. The van der Waals surface area contributed by atoms with Crippen LogP contribution in [-0.4, -0.2) is 80.6 Å². The fourth-order valence-electron chi connectivity index (χ4n) is 9.84. The molecular weight excluding hydrogens is 1080 g/mol. The lowest BCUT2D eigenvalue weighted by atomic mass is 9.85. The maximum atomic E-state index is 14.1. The topological polar surface area (TPSA) is 177 Å². The molecule has 0 spiro atoms. The van der Waals surface area contributed by atoms with Crippen molar-refractivity contribution in [2.75, 3.05) is 23.0 Å². The zero-order valence-electron chi connectivity index (χ0n) is 45.2. The number of thiocarbonyl (C=S) groups is 1. The molecular formula is C62H58F3N7O7S2. The average Bonchev–Trinajstić information content (AvgIpc) is 4.29. The smallest absolute Gasteiger partial charge is 0.417 e. The van der Waals surface area contributed by atoms with Gasteiger partial charge >= 0.3 is 6.18 Å². The molecule has 2 fully saturated rings. The summed E-state index contributed by atoms with van der Waals surface area (Å²) in [4.78, 5) is 64.1. The molecule has 2 aliphatic heterocycles. The Bertz CT molecular complexity index is 3520.